The van der Waals surface area contributed by atoms with Gasteiger partial charge in [0.25, 0.3) is 0 Å². The summed E-state index contributed by atoms with van der Waals surface area (Å²) in [5.74, 6) is 0.170. The van der Waals surface area contributed by atoms with Crippen LogP contribution >= 0.6 is 11.3 Å². The molecule has 0 spiro atoms. The first-order valence-electron chi connectivity index (χ1n) is 12.8. The third kappa shape index (κ3) is 4.05. The number of aryl methyl sites for hydroxylation is 1. The van der Waals surface area contributed by atoms with Crippen LogP contribution in [0.15, 0.2) is 61.1 Å². The Kier molecular flexibility index (Phi) is 5.51. The van der Waals surface area contributed by atoms with Crippen molar-refractivity contribution in [3.05, 3.63) is 65.9 Å². The average Bonchev–Trinajstić information content (AvgIpc) is 3.74. The van der Waals surface area contributed by atoms with Gasteiger partial charge in [0.1, 0.15) is 16.9 Å². The largest absolute Gasteiger partial charge is 0.338 e. The minimum absolute atomic E-state index is 0.0754. The number of nitrogens with zero attached hydrogens (tertiary/aromatic N) is 4. The van der Waals surface area contributed by atoms with Crippen LogP contribution in [0.5, 0.6) is 0 Å². The van der Waals surface area contributed by atoms with Crippen molar-refractivity contribution in [1.29, 1.82) is 0 Å². The third-order valence-corrected chi connectivity index (χ3v) is 8.26. The van der Waals surface area contributed by atoms with Crippen molar-refractivity contribution in [3.63, 3.8) is 0 Å². The third-order valence-electron chi connectivity index (χ3n) is 7.23. The number of thiophene rings is 1. The van der Waals surface area contributed by atoms with Crippen LogP contribution in [-0.2, 0) is 4.79 Å². The molecule has 9 heteroatoms. The monoisotopic (exact) mass is 519 g/mol. The van der Waals surface area contributed by atoms with E-state index in [1.54, 1.807) is 23.7 Å². The Morgan fingerprint density at radius 2 is 1.97 bits per heavy atom. The standard InChI is InChI=1S/C29H25N7OS/c1-16-6-9-25(38-16)20-10-11-31-28-21(20)13-24(34-28)27-26-23(35-36-27)8-7-22(33-26)18-12-19(15-30-14-18)32-29(37)17-4-2-3-5-17/h6-15,17H,2-5H2,1H3,(H,31,34)(H,32,37)(H,35,36). The van der Waals surface area contributed by atoms with E-state index in [2.05, 4.69) is 61.7 Å². The molecule has 0 atom stereocenters. The average molecular weight is 520 g/mol. The van der Waals surface area contributed by atoms with Crippen molar-refractivity contribution in [2.75, 3.05) is 5.32 Å². The summed E-state index contributed by atoms with van der Waals surface area (Å²) in [5.41, 5.74) is 7.40. The van der Waals surface area contributed by atoms with Crippen molar-refractivity contribution >= 4 is 45.0 Å². The maximum atomic E-state index is 12.6. The second-order valence-electron chi connectivity index (χ2n) is 9.81. The quantitative estimate of drug-likeness (QED) is 0.234. The van der Waals surface area contributed by atoms with Gasteiger partial charge in [-0.15, -0.1) is 11.3 Å². The molecule has 1 fully saturated rings. The lowest BCUT2D eigenvalue weighted by molar-refractivity contribution is -0.119. The van der Waals surface area contributed by atoms with Gasteiger partial charge in [0, 0.05) is 44.6 Å². The van der Waals surface area contributed by atoms with E-state index in [9.17, 15) is 4.79 Å². The van der Waals surface area contributed by atoms with E-state index in [1.807, 2.05) is 24.4 Å². The van der Waals surface area contributed by atoms with Gasteiger partial charge in [-0.1, -0.05) is 12.8 Å². The van der Waals surface area contributed by atoms with E-state index in [0.29, 0.717) is 5.69 Å². The zero-order valence-corrected chi connectivity index (χ0v) is 21.6. The summed E-state index contributed by atoms with van der Waals surface area (Å²) in [7, 11) is 0. The lowest BCUT2D eigenvalue weighted by atomic mass is 10.1. The van der Waals surface area contributed by atoms with Gasteiger partial charge >= 0.3 is 0 Å². The van der Waals surface area contributed by atoms with Crippen molar-refractivity contribution in [2.24, 2.45) is 5.92 Å². The van der Waals surface area contributed by atoms with Gasteiger partial charge in [0.15, 0.2) is 0 Å². The minimum Gasteiger partial charge on any atom is -0.338 e. The summed E-state index contributed by atoms with van der Waals surface area (Å²) >= 11 is 1.77. The van der Waals surface area contributed by atoms with Crippen molar-refractivity contribution < 1.29 is 4.79 Å². The van der Waals surface area contributed by atoms with Gasteiger partial charge in [-0.25, -0.2) is 9.97 Å². The number of H-pyrrole nitrogens is 2. The van der Waals surface area contributed by atoms with Crippen LogP contribution < -0.4 is 5.32 Å². The molecule has 7 rings (SSSR count). The fourth-order valence-electron chi connectivity index (χ4n) is 5.28. The Morgan fingerprint density at radius 3 is 2.82 bits per heavy atom. The van der Waals surface area contributed by atoms with Crippen molar-refractivity contribution in [3.8, 4) is 33.1 Å². The molecular weight excluding hydrogens is 494 g/mol. The SMILES string of the molecule is Cc1ccc(-c2ccnc3[nH]c(-c4n[nH]c5ccc(-c6cncc(NC(=O)C7CCCC7)c6)nc45)cc23)s1. The number of amides is 1. The first kappa shape index (κ1) is 22.8. The molecule has 0 unspecified atom stereocenters. The van der Waals surface area contributed by atoms with Gasteiger partial charge in [-0.2, -0.15) is 5.10 Å². The molecule has 6 aromatic heterocycles. The van der Waals surface area contributed by atoms with E-state index in [4.69, 9.17) is 4.98 Å². The number of rotatable bonds is 5. The van der Waals surface area contributed by atoms with Crippen LogP contribution in [0, 0.1) is 12.8 Å². The molecule has 0 bridgehead atoms. The highest BCUT2D eigenvalue weighted by Crippen LogP contribution is 2.36. The molecule has 8 nitrogen and oxygen atoms in total. The number of hydrogen-bond acceptors (Lipinski definition) is 6. The minimum atomic E-state index is 0.0754. The smallest absolute Gasteiger partial charge is 0.227 e. The molecule has 3 N–H and O–H groups in total. The Hall–Kier alpha value is -4.37. The van der Waals surface area contributed by atoms with E-state index in [0.717, 1.165) is 76.0 Å². The maximum absolute atomic E-state index is 12.6. The molecule has 0 radical (unpaired) electrons. The molecule has 0 saturated heterocycles. The molecule has 1 aliphatic rings. The number of anilines is 1. The van der Waals surface area contributed by atoms with Crippen LogP contribution in [0.25, 0.3) is 55.2 Å². The van der Waals surface area contributed by atoms with E-state index >= 15 is 0 Å². The number of carbonyl (C=O) groups is 1. The van der Waals surface area contributed by atoms with Gasteiger partial charge in [-0.05, 0) is 62.2 Å². The zero-order chi connectivity index (χ0) is 25.6. The molecule has 1 saturated carbocycles. The van der Waals surface area contributed by atoms with Crippen LogP contribution in [-0.4, -0.2) is 36.0 Å². The summed E-state index contributed by atoms with van der Waals surface area (Å²) in [6.07, 6.45) is 9.43. The number of aromatic nitrogens is 6. The number of aromatic amines is 2. The Morgan fingerprint density at radius 1 is 1.08 bits per heavy atom. The maximum Gasteiger partial charge on any atom is 0.227 e. The van der Waals surface area contributed by atoms with Gasteiger partial charge in [-0.3, -0.25) is 14.9 Å². The normalized spacial score (nSPS) is 14.0. The summed E-state index contributed by atoms with van der Waals surface area (Å²) in [4.78, 5) is 32.4. The predicted octanol–water partition coefficient (Wildman–Crippen LogP) is 6.73. The Labute approximate surface area is 222 Å². The van der Waals surface area contributed by atoms with E-state index < -0.39 is 0 Å². The summed E-state index contributed by atoms with van der Waals surface area (Å²) in [5, 5.41) is 11.8. The van der Waals surface area contributed by atoms with Crippen LogP contribution in [0.3, 0.4) is 0 Å². The van der Waals surface area contributed by atoms with Crippen molar-refractivity contribution in [1.82, 2.24) is 30.1 Å². The number of carbonyl (C=O) groups excluding carboxylic acids is 1. The highest BCUT2D eigenvalue weighted by Gasteiger charge is 2.23. The van der Waals surface area contributed by atoms with Crippen LogP contribution in [0.4, 0.5) is 5.69 Å². The van der Waals surface area contributed by atoms with Crippen LogP contribution in [0.2, 0.25) is 0 Å². The molecule has 1 amide bonds. The number of nitrogens with one attached hydrogen (secondary N) is 3. The van der Waals surface area contributed by atoms with Gasteiger partial charge in [0.2, 0.25) is 5.91 Å². The van der Waals surface area contributed by atoms with E-state index in [-0.39, 0.29) is 11.8 Å². The second kappa shape index (κ2) is 9.18. The summed E-state index contributed by atoms with van der Waals surface area (Å²) < 4.78 is 0. The van der Waals surface area contributed by atoms with Gasteiger partial charge in [0.05, 0.1) is 28.8 Å². The first-order valence-corrected chi connectivity index (χ1v) is 13.6. The topological polar surface area (TPSA) is 112 Å². The molecule has 188 valence electrons. The summed E-state index contributed by atoms with van der Waals surface area (Å²) in [6.45, 7) is 2.11. The zero-order valence-electron chi connectivity index (χ0n) is 20.8. The molecule has 6 heterocycles. The molecule has 0 aromatic carbocycles. The molecular formula is C29H25N7OS. The number of fused-ring (bicyclic) bond motifs is 2. The number of pyridine rings is 3. The fourth-order valence-corrected chi connectivity index (χ4v) is 6.18. The summed E-state index contributed by atoms with van der Waals surface area (Å²) in [6, 6.07) is 14.3. The first-order chi connectivity index (χ1) is 18.6. The Bertz CT molecular complexity index is 1810. The molecule has 38 heavy (non-hydrogen) atoms. The van der Waals surface area contributed by atoms with Gasteiger partial charge < -0.3 is 10.3 Å². The van der Waals surface area contributed by atoms with Crippen LogP contribution in [0.1, 0.15) is 30.6 Å². The lowest BCUT2D eigenvalue weighted by Crippen LogP contribution is -2.20. The Balaban J connectivity index is 1.24. The second-order valence-corrected chi connectivity index (χ2v) is 11.1. The number of hydrogen-bond donors (Lipinski definition) is 3. The molecule has 6 aromatic rings. The van der Waals surface area contributed by atoms with Crippen molar-refractivity contribution in [2.45, 2.75) is 32.6 Å². The van der Waals surface area contributed by atoms with E-state index in [1.165, 1.54) is 9.75 Å². The fraction of sp³-hybridized carbons (Fsp3) is 0.207. The highest BCUT2D eigenvalue weighted by molar-refractivity contribution is 7.15. The molecule has 1 aliphatic carbocycles. The highest BCUT2D eigenvalue weighted by atomic mass is 32.1. The molecule has 0 aliphatic heterocycles. The lowest BCUT2D eigenvalue weighted by Gasteiger charge is -2.11. The predicted molar refractivity (Wildman–Crippen MR) is 151 cm³/mol.